The zero-order chi connectivity index (χ0) is 22.0. The van der Waals surface area contributed by atoms with Crippen LogP contribution >= 0.6 is 0 Å². The Morgan fingerprint density at radius 1 is 1.03 bits per heavy atom. The minimum atomic E-state index is -0.606. The molecule has 0 radical (unpaired) electrons. The Balaban J connectivity index is 1.48. The Bertz CT molecular complexity index is 1020. The molecule has 0 amide bonds. The number of aliphatic hydroxyl groups is 1. The molecule has 1 aliphatic rings. The van der Waals surface area contributed by atoms with Crippen molar-refractivity contribution >= 4 is 11.6 Å². The molecular weight excluding hydrogens is 388 g/mol. The first kappa shape index (κ1) is 21.2. The number of aromatic nitrogens is 4. The predicted octanol–water partition coefficient (Wildman–Crippen LogP) is 3.24. The van der Waals surface area contributed by atoms with Crippen molar-refractivity contribution in [3.8, 4) is 0 Å². The lowest BCUT2D eigenvalue weighted by molar-refractivity contribution is 0.194. The van der Waals surface area contributed by atoms with Crippen LogP contribution in [-0.4, -0.2) is 50.9 Å². The quantitative estimate of drug-likeness (QED) is 0.681. The molecule has 1 fully saturated rings. The SMILES string of the molecule is Cc1c(Cc2ccccc2)nnc(N2CCN(c3cnc(C(C)O)cn3)C(C)C2)c1C. The normalized spacial score (nSPS) is 17.6. The van der Waals surface area contributed by atoms with E-state index in [-0.39, 0.29) is 6.04 Å². The molecular formula is C24H30N6O. The van der Waals surface area contributed by atoms with Gasteiger partial charge in [0.15, 0.2) is 5.82 Å². The van der Waals surface area contributed by atoms with Crippen LogP contribution in [0.25, 0.3) is 0 Å². The van der Waals surface area contributed by atoms with Gasteiger partial charge in [-0.15, -0.1) is 5.10 Å². The molecule has 0 saturated carbocycles. The fraction of sp³-hybridized carbons (Fsp3) is 0.417. The molecule has 31 heavy (non-hydrogen) atoms. The van der Waals surface area contributed by atoms with Gasteiger partial charge in [-0.05, 0) is 44.4 Å². The molecule has 3 aromatic rings. The van der Waals surface area contributed by atoms with E-state index >= 15 is 0 Å². The summed E-state index contributed by atoms with van der Waals surface area (Å²) in [6.07, 6.45) is 3.60. The molecule has 4 rings (SSSR count). The third-order valence-electron chi connectivity index (χ3n) is 6.12. The summed E-state index contributed by atoms with van der Waals surface area (Å²) in [6.45, 7) is 10.7. The van der Waals surface area contributed by atoms with Crippen molar-refractivity contribution in [1.29, 1.82) is 0 Å². The van der Waals surface area contributed by atoms with Crippen molar-refractivity contribution < 1.29 is 5.11 Å². The van der Waals surface area contributed by atoms with Crippen LogP contribution in [0.2, 0.25) is 0 Å². The fourth-order valence-electron chi connectivity index (χ4n) is 4.09. The van der Waals surface area contributed by atoms with E-state index in [4.69, 9.17) is 0 Å². The Morgan fingerprint density at radius 2 is 1.81 bits per heavy atom. The van der Waals surface area contributed by atoms with Crippen LogP contribution in [0.1, 0.15) is 48.0 Å². The molecule has 1 aromatic carbocycles. The van der Waals surface area contributed by atoms with Crippen molar-refractivity contribution in [3.63, 3.8) is 0 Å². The summed E-state index contributed by atoms with van der Waals surface area (Å²) in [5.74, 6) is 1.81. The smallest absolute Gasteiger partial charge is 0.154 e. The molecule has 0 aliphatic carbocycles. The largest absolute Gasteiger partial charge is 0.387 e. The summed E-state index contributed by atoms with van der Waals surface area (Å²) >= 11 is 0. The van der Waals surface area contributed by atoms with Crippen LogP contribution < -0.4 is 9.80 Å². The number of nitrogens with zero attached hydrogens (tertiary/aromatic N) is 6. The molecule has 7 heteroatoms. The van der Waals surface area contributed by atoms with Gasteiger partial charge in [0, 0.05) is 32.1 Å². The second-order valence-electron chi connectivity index (χ2n) is 8.35. The zero-order valence-corrected chi connectivity index (χ0v) is 18.7. The van der Waals surface area contributed by atoms with E-state index in [1.165, 1.54) is 16.7 Å². The van der Waals surface area contributed by atoms with Crippen LogP contribution in [0.3, 0.4) is 0 Å². The minimum absolute atomic E-state index is 0.256. The van der Waals surface area contributed by atoms with E-state index in [0.29, 0.717) is 5.69 Å². The molecule has 2 unspecified atom stereocenters. The maximum atomic E-state index is 9.65. The van der Waals surface area contributed by atoms with Crippen LogP contribution in [-0.2, 0) is 6.42 Å². The molecule has 2 aromatic heterocycles. The van der Waals surface area contributed by atoms with E-state index in [1.807, 2.05) is 6.07 Å². The highest BCUT2D eigenvalue weighted by atomic mass is 16.3. The van der Waals surface area contributed by atoms with E-state index in [2.05, 4.69) is 75.0 Å². The molecule has 1 N–H and O–H groups in total. The number of hydrogen-bond donors (Lipinski definition) is 1. The molecule has 0 bridgehead atoms. The maximum Gasteiger partial charge on any atom is 0.154 e. The summed E-state index contributed by atoms with van der Waals surface area (Å²) in [7, 11) is 0. The standard InChI is InChI=1S/C24H30N6O/c1-16-15-29(10-11-30(16)23-14-25-22(13-26-23)19(4)31)24-18(3)17(2)21(27-28-24)12-20-8-6-5-7-9-20/h5-9,13-14,16,19,31H,10-12,15H2,1-4H3. The van der Waals surface area contributed by atoms with E-state index in [1.54, 1.807) is 19.3 Å². The van der Waals surface area contributed by atoms with Crippen molar-refractivity contribution in [2.75, 3.05) is 29.4 Å². The average molecular weight is 419 g/mol. The maximum absolute atomic E-state index is 9.65. The summed E-state index contributed by atoms with van der Waals surface area (Å²) in [5.41, 5.74) is 5.28. The zero-order valence-electron chi connectivity index (χ0n) is 18.7. The van der Waals surface area contributed by atoms with Crippen LogP contribution in [0.4, 0.5) is 11.6 Å². The Kier molecular flexibility index (Phi) is 6.13. The predicted molar refractivity (Wildman–Crippen MR) is 122 cm³/mol. The van der Waals surface area contributed by atoms with Gasteiger partial charge < -0.3 is 14.9 Å². The Morgan fingerprint density at radius 3 is 2.45 bits per heavy atom. The second-order valence-corrected chi connectivity index (χ2v) is 8.35. The lowest BCUT2D eigenvalue weighted by Gasteiger charge is -2.41. The van der Waals surface area contributed by atoms with E-state index in [9.17, 15) is 5.11 Å². The third-order valence-corrected chi connectivity index (χ3v) is 6.12. The summed E-state index contributed by atoms with van der Waals surface area (Å²) in [4.78, 5) is 13.4. The summed E-state index contributed by atoms with van der Waals surface area (Å²) in [5, 5.41) is 18.9. The van der Waals surface area contributed by atoms with Crippen molar-refractivity contribution in [1.82, 2.24) is 20.2 Å². The van der Waals surface area contributed by atoms with Gasteiger partial charge in [-0.1, -0.05) is 30.3 Å². The first-order valence-corrected chi connectivity index (χ1v) is 10.8. The van der Waals surface area contributed by atoms with E-state index in [0.717, 1.165) is 43.4 Å². The van der Waals surface area contributed by atoms with Gasteiger partial charge in [0.25, 0.3) is 0 Å². The molecule has 0 spiro atoms. The van der Waals surface area contributed by atoms with E-state index < -0.39 is 6.10 Å². The summed E-state index contributed by atoms with van der Waals surface area (Å²) < 4.78 is 0. The molecule has 1 aliphatic heterocycles. The highest BCUT2D eigenvalue weighted by molar-refractivity contribution is 5.53. The lowest BCUT2D eigenvalue weighted by atomic mass is 10.0. The van der Waals surface area contributed by atoms with Crippen molar-refractivity contribution in [2.24, 2.45) is 0 Å². The third kappa shape index (κ3) is 4.51. The number of aliphatic hydroxyl groups excluding tert-OH is 1. The molecule has 3 heterocycles. The van der Waals surface area contributed by atoms with Gasteiger partial charge in [0.1, 0.15) is 5.82 Å². The topological polar surface area (TPSA) is 78.3 Å². The highest BCUT2D eigenvalue weighted by Crippen LogP contribution is 2.26. The number of rotatable bonds is 5. The van der Waals surface area contributed by atoms with Gasteiger partial charge in [-0.2, -0.15) is 5.10 Å². The lowest BCUT2D eigenvalue weighted by Crippen LogP contribution is -2.53. The number of piperazine rings is 1. The Hall–Kier alpha value is -3.06. The molecule has 7 nitrogen and oxygen atoms in total. The first-order chi connectivity index (χ1) is 14.9. The highest BCUT2D eigenvalue weighted by Gasteiger charge is 2.27. The van der Waals surface area contributed by atoms with Crippen LogP contribution in [0.15, 0.2) is 42.7 Å². The van der Waals surface area contributed by atoms with Crippen molar-refractivity contribution in [2.45, 2.75) is 46.3 Å². The van der Waals surface area contributed by atoms with Crippen LogP contribution in [0, 0.1) is 13.8 Å². The monoisotopic (exact) mass is 418 g/mol. The minimum Gasteiger partial charge on any atom is -0.387 e. The second kappa shape index (κ2) is 8.98. The fourth-order valence-corrected chi connectivity index (χ4v) is 4.09. The van der Waals surface area contributed by atoms with Crippen molar-refractivity contribution in [3.05, 3.63) is 70.8 Å². The van der Waals surface area contributed by atoms with Gasteiger partial charge in [-0.3, -0.25) is 4.98 Å². The molecule has 162 valence electrons. The number of anilines is 2. The van der Waals surface area contributed by atoms with Gasteiger partial charge in [0.05, 0.1) is 29.9 Å². The van der Waals surface area contributed by atoms with Gasteiger partial charge >= 0.3 is 0 Å². The average Bonchev–Trinajstić information content (AvgIpc) is 2.78. The van der Waals surface area contributed by atoms with Crippen LogP contribution in [0.5, 0.6) is 0 Å². The number of benzene rings is 1. The van der Waals surface area contributed by atoms with Gasteiger partial charge in [-0.25, -0.2) is 4.98 Å². The molecule has 2 atom stereocenters. The van der Waals surface area contributed by atoms with Gasteiger partial charge in [0.2, 0.25) is 0 Å². The molecule has 1 saturated heterocycles. The first-order valence-electron chi connectivity index (χ1n) is 10.8. The summed E-state index contributed by atoms with van der Waals surface area (Å²) in [6, 6.07) is 10.7. The number of hydrogen-bond acceptors (Lipinski definition) is 7. The Labute approximate surface area is 183 Å².